The average molecular weight is 384 g/mol. The summed E-state index contributed by atoms with van der Waals surface area (Å²) >= 11 is 0. The molecule has 0 aliphatic carbocycles. The minimum atomic E-state index is -1.36. The molecule has 0 fully saturated rings. The van der Waals surface area contributed by atoms with Crippen LogP contribution in [0.3, 0.4) is 0 Å². The Balaban J connectivity index is 2.40. The van der Waals surface area contributed by atoms with Crippen LogP contribution in [0.4, 0.5) is 0 Å². The van der Waals surface area contributed by atoms with Crippen molar-refractivity contribution in [1.82, 2.24) is 0 Å². The van der Waals surface area contributed by atoms with Crippen molar-refractivity contribution in [1.29, 1.82) is 0 Å². The summed E-state index contributed by atoms with van der Waals surface area (Å²) in [4.78, 5) is 25.2. The fraction of sp³-hybridized carbons (Fsp3) is 0.391. The number of hydrogen-bond donors (Lipinski definition) is 0. The van der Waals surface area contributed by atoms with Crippen LogP contribution in [0.1, 0.15) is 44.2 Å². The smallest absolute Gasteiger partial charge is 0.337 e. The molecule has 0 saturated heterocycles. The molecule has 5 heteroatoms. The van der Waals surface area contributed by atoms with Gasteiger partial charge in [-0.15, -0.1) is 0 Å². The van der Waals surface area contributed by atoms with E-state index in [2.05, 4.69) is 0 Å². The van der Waals surface area contributed by atoms with Gasteiger partial charge >= 0.3 is 11.9 Å². The van der Waals surface area contributed by atoms with Crippen LogP contribution in [0.15, 0.2) is 60.7 Å². The molecule has 0 spiro atoms. The minimum absolute atomic E-state index is 0.0899. The van der Waals surface area contributed by atoms with Crippen molar-refractivity contribution in [3.8, 4) is 0 Å². The minimum Gasteiger partial charge on any atom is -0.469 e. The van der Waals surface area contributed by atoms with E-state index in [9.17, 15) is 9.59 Å². The number of ether oxygens (including phenoxy) is 3. The first-order valence-electron chi connectivity index (χ1n) is 9.20. The van der Waals surface area contributed by atoms with Crippen LogP contribution in [0.25, 0.3) is 0 Å². The highest BCUT2D eigenvalue weighted by atomic mass is 16.6. The van der Waals surface area contributed by atoms with Gasteiger partial charge in [-0.1, -0.05) is 60.7 Å². The Hall–Kier alpha value is -2.66. The van der Waals surface area contributed by atoms with Gasteiger partial charge in [-0.05, 0) is 31.9 Å². The lowest BCUT2D eigenvalue weighted by atomic mass is 9.85. The van der Waals surface area contributed by atoms with Gasteiger partial charge in [-0.25, -0.2) is 4.79 Å². The Kier molecular flexibility index (Phi) is 6.97. The number of esters is 2. The van der Waals surface area contributed by atoms with Gasteiger partial charge in [0, 0.05) is 6.42 Å². The Morgan fingerprint density at radius 1 is 0.857 bits per heavy atom. The van der Waals surface area contributed by atoms with Gasteiger partial charge in [0.05, 0.1) is 25.7 Å². The summed E-state index contributed by atoms with van der Waals surface area (Å²) in [5, 5.41) is 0. The molecule has 2 unspecified atom stereocenters. The molecule has 0 aliphatic heterocycles. The second kappa shape index (κ2) is 9.02. The number of benzene rings is 2. The summed E-state index contributed by atoms with van der Waals surface area (Å²) in [6.07, 6.45) is 0.0899. The second-order valence-corrected chi connectivity index (χ2v) is 7.39. The maximum atomic E-state index is 12.7. The summed E-state index contributed by atoms with van der Waals surface area (Å²) in [5.41, 5.74) is -0.463. The first kappa shape index (κ1) is 21.6. The fourth-order valence-corrected chi connectivity index (χ4v) is 3.40. The van der Waals surface area contributed by atoms with Crippen LogP contribution in [0, 0.1) is 0 Å². The zero-order valence-corrected chi connectivity index (χ0v) is 17.1. The van der Waals surface area contributed by atoms with E-state index in [1.807, 2.05) is 74.5 Å². The summed E-state index contributed by atoms with van der Waals surface area (Å²) in [5.74, 6) is -1.63. The van der Waals surface area contributed by atoms with Crippen LogP contribution in [-0.4, -0.2) is 31.8 Å². The van der Waals surface area contributed by atoms with Crippen molar-refractivity contribution in [2.24, 2.45) is 0 Å². The first-order chi connectivity index (χ1) is 13.2. The molecule has 0 aromatic heterocycles. The molecule has 2 rings (SSSR count). The molecular weight excluding hydrogens is 356 g/mol. The maximum absolute atomic E-state index is 12.7. The molecule has 0 bridgehead atoms. The first-order valence-corrected chi connectivity index (χ1v) is 9.20. The summed E-state index contributed by atoms with van der Waals surface area (Å²) in [7, 11) is 2.65. The van der Waals surface area contributed by atoms with E-state index in [0.29, 0.717) is 0 Å². The second-order valence-electron chi connectivity index (χ2n) is 7.39. The number of carbonyl (C=O) groups is 2. The van der Waals surface area contributed by atoms with Crippen LogP contribution in [0.5, 0.6) is 0 Å². The monoisotopic (exact) mass is 384 g/mol. The van der Waals surface area contributed by atoms with E-state index in [-0.39, 0.29) is 6.42 Å². The van der Waals surface area contributed by atoms with Crippen molar-refractivity contribution in [3.63, 3.8) is 0 Å². The Morgan fingerprint density at radius 2 is 1.39 bits per heavy atom. The summed E-state index contributed by atoms with van der Waals surface area (Å²) in [6, 6.07) is 18.8. The number of carbonyl (C=O) groups excluding carboxylic acids is 2. The lowest BCUT2D eigenvalue weighted by Gasteiger charge is -2.38. The molecule has 2 aromatic carbocycles. The lowest BCUT2D eigenvalue weighted by Crippen LogP contribution is -2.47. The van der Waals surface area contributed by atoms with E-state index in [1.54, 1.807) is 6.92 Å². The quantitative estimate of drug-likeness (QED) is 0.638. The van der Waals surface area contributed by atoms with Gasteiger partial charge in [0.15, 0.2) is 5.60 Å². The van der Waals surface area contributed by atoms with Crippen LogP contribution >= 0.6 is 0 Å². The van der Waals surface area contributed by atoms with Crippen molar-refractivity contribution >= 4 is 11.9 Å². The third kappa shape index (κ3) is 4.98. The van der Waals surface area contributed by atoms with Crippen molar-refractivity contribution in [2.45, 2.75) is 44.3 Å². The largest absolute Gasteiger partial charge is 0.469 e. The topological polar surface area (TPSA) is 61.8 Å². The highest BCUT2D eigenvalue weighted by Crippen LogP contribution is 2.37. The average Bonchev–Trinajstić information content (AvgIpc) is 2.71. The van der Waals surface area contributed by atoms with E-state index in [0.717, 1.165) is 11.1 Å². The molecule has 0 N–H and O–H groups in total. The summed E-state index contributed by atoms with van der Waals surface area (Å²) in [6.45, 7) is 5.43. The molecule has 0 radical (unpaired) electrons. The number of hydrogen-bond acceptors (Lipinski definition) is 5. The molecule has 0 amide bonds. The van der Waals surface area contributed by atoms with Gasteiger partial charge in [-0.2, -0.15) is 0 Å². The van der Waals surface area contributed by atoms with Crippen molar-refractivity contribution in [2.75, 3.05) is 14.2 Å². The molecule has 28 heavy (non-hydrogen) atoms. The maximum Gasteiger partial charge on any atom is 0.337 e. The Morgan fingerprint density at radius 3 is 1.89 bits per heavy atom. The van der Waals surface area contributed by atoms with Gasteiger partial charge in [0.1, 0.15) is 0 Å². The van der Waals surface area contributed by atoms with E-state index < -0.39 is 29.1 Å². The molecular formula is C23H28O5. The molecule has 2 atom stereocenters. The van der Waals surface area contributed by atoms with Crippen molar-refractivity contribution < 1.29 is 23.8 Å². The third-order valence-corrected chi connectivity index (χ3v) is 4.85. The van der Waals surface area contributed by atoms with Crippen LogP contribution in [-0.2, 0) is 29.4 Å². The molecule has 2 aromatic rings. The van der Waals surface area contributed by atoms with E-state index in [4.69, 9.17) is 14.2 Å². The van der Waals surface area contributed by atoms with Gasteiger partial charge < -0.3 is 14.2 Å². The molecule has 0 heterocycles. The SMILES string of the molecule is COC(=O)C(CC(C)(OC(C)(C)c1ccccc1)C(=O)OC)c1ccccc1. The molecule has 150 valence electrons. The zero-order chi connectivity index (χ0) is 20.8. The zero-order valence-electron chi connectivity index (χ0n) is 17.1. The number of methoxy groups -OCH3 is 2. The number of rotatable bonds is 8. The third-order valence-electron chi connectivity index (χ3n) is 4.85. The fourth-order valence-electron chi connectivity index (χ4n) is 3.40. The predicted octanol–water partition coefficient (Wildman–Crippen LogP) is 4.22. The molecule has 0 aliphatic rings. The normalized spacial score (nSPS) is 14.6. The highest BCUT2D eigenvalue weighted by molar-refractivity contribution is 5.83. The van der Waals surface area contributed by atoms with Crippen LogP contribution in [0.2, 0.25) is 0 Å². The van der Waals surface area contributed by atoms with Gasteiger partial charge in [-0.3, -0.25) is 4.79 Å². The van der Waals surface area contributed by atoms with Crippen LogP contribution < -0.4 is 0 Å². The Labute approximate surface area is 166 Å². The van der Waals surface area contributed by atoms with Gasteiger partial charge in [0.2, 0.25) is 0 Å². The van der Waals surface area contributed by atoms with E-state index >= 15 is 0 Å². The highest BCUT2D eigenvalue weighted by Gasteiger charge is 2.45. The standard InChI is InChI=1S/C23H28O5/c1-22(2,18-14-10-7-11-15-18)28-23(3,21(25)27-5)16-19(20(24)26-4)17-12-8-6-9-13-17/h6-15,19H,16H2,1-5H3. The molecule has 0 saturated carbocycles. The Bertz CT molecular complexity index is 785. The molecule has 5 nitrogen and oxygen atoms in total. The van der Waals surface area contributed by atoms with E-state index in [1.165, 1.54) is 14.2 Å². The van der Waals surface area contributed by atoms with Crippen molar-refractivity contribution in [3.05, 3.63) is 71.8 Å². The van der Waals surface area contributed by atoms with Gasteiger partial charge in [0.25, 0.3) is 0 Å². The predicted molar refractivity (Wildman–Crippen MR) is 107 cm³/mol. The summed E-state index contributed by atoms with van der Waals surface area (Å²) < 4.78 is 16.4. The lowest BCUT2D eigenvalue weighted by molar-refractivity contribution is -0.192.